The zero-order chi connectivity index (χ0) is 8.20. The maximum atomic E-state index is 10.1. The van der Waals surface area contributed by atoms with E-state index in [-0.39, 0.29) is 0 Å². The second-order valence-electron chi connectivity index (χ2n) is 2.92. The van der Waals surface area contributed by atoms with Gasteiger partial charge in [0.05, 0.1) is 5.60 Å². The average molecular weight is 141 g/mol. The lowest BCUT2D eigenvalue weighted by molar-refractivity contribution is -0.122. The molecular weight excluding hydrogens is 130 g/mol. The number of nitriles is 1. The molecular formula is C7H11NO2. The summed E-state index contributed by atoms with van der Waals surface area (Å²) < 4.78 is 5.01. The summed E-state index contributed by atoms with van der Waals surface area (Å²) in [6.07, 6.45) is -0.439. The molecule has 0 spiro atoms. The first-order valence-electron chi connectivity index (χ1n) is 3.02. The van der Waals surface area contributed by atoms with Crippen molar-refractivity contribution in [2.24, 2.45) is 0 Å². The van der Waals surface area contributed by atoms with Gasteiger partial charge >= 0.3 is 0 Å². The molecule has 0 saturated carbocycles. The number of carbonyl (C=O) groups is 1. The highest BCUT2D eigenvalue weighted by atomic mass is 16.5. The fourth-order valence-corrected chi connectivity index (χ4v) is 0.465. The Morgan fingerprint density at radius 2 is 2.10 bits per heavy atom. The molecule has 1 unspecified atom stereocenters. The third kappa shape index (κ3) is 4.04. The third-order valence-electron chi connectivity index (χ3n) is 0.731. The van der Waals surface area contributed by atoms with Gasteiger partial charge in [-0.25, -0.2) is 0 Å². The van der Waals surface area contributed by atoms with Gasteiger partial charge in [0.25, 0.3) is 0 Å². The molecule has 3 heteroatoms. The van der Waals surface area contributed by atoms with Crippen LogP contribution in [0.2, 0.25) is 0 Å². The van der Waals surface area contributed by atoms with E-state index in [1.807, 2.05) is 0 Å². The second kappa shape index (κ2) is 3.33. The van der Waals surface area contributed by atoms with Crippen molar-refractivity contribution in [1.82, 2.24) is 0 Å². The molecule has 0 aromatic rings. The summed E-state index contributed by atoms with van der Waals surface area (Å²) in [5.41, 5.74) is -0.429. The van der Waals surface area contributed by atoms with E-state index in [0.29, 0.717) is 6.29 Å². The van der Waals surface area contributed by atoms with Crippen LogP contribution in [0.1, 0.15) is 20.8 Å². The van der Waals surface area contributed by atoms with E-state index in [4.69, 9.17) is 10.00 Å². The van der Waals surface area contributed by atoms with Crippen LogP contribution < -0.4 is 0 Å². The predicted molar refractivity (Wildman–Crippen MR) is 36.3 cm³/mol. The molecule has 56 valence electrons. The molecule has 0 aromatic heterocycles. The lowest BCUT2D eigenvalue weighted by Crippen LogP contribution is -2.27. The zero-order valence-corrected chi connectivity index (χ0v) is 6.42. The Kier molecular flexibility index (Phi) is 3.04. The largest absolute Gasteiger partial charge is 0.350 e. The van der Waals surface area contributed by atoms with Gasteiger partial charge in [-0.3, -0.25) is 4.79 Å². The highest BCUT2D eigenvalue weighted by Crippen LogP contribution is 2.08. The molecule has 0 amide bonds. The smallest absolute Gasteiger partial charge is 0.199 e. The van der Waals surface area contributed by atoms with Crippen molar-refractivity contribution < 1.29 is 9.53 Å². The summed E-state index contributed by atoms with van der Waals surface area (Å²) in [7, 11) is 0. The van der Waals surface area contributed by atoms with E-state index in [0.717, 1.165) is 0 Å². The molecule has 0 bridgehead atoms. The summed E-state index contributed by atoms with van der Waals surface area (Å²) in [6, 6.07) is 1.72. The summed E-state index contributed by atoms with van der Waals surface area (Å²) >= 11 is 0. The molecule has 0 aliphatic rings. The number of ether oxygens (including phenoxy) is 1. The molecule has 0 fully saturated rings. The van der Waals surface area contributed by atoms with Crippen LogP contribution in [0.4, 0.5) is 0 Å². The molecule has 0 saturated heterocycles. The maximum Gasteiger partial charge on any atom is 0.199 e. The van der Waals surface area contributed by atoms with Crippen LogP contribution in [0.15, 0.2) is 0 Å². The van der Waals surface area contributed by atoms with Crippen LogP contribution in [0.25, 0.3) is 0 Å². The quantitative estimate of drug-likeness (QED) is 0.536. The molecule has 3 nitrogen and oxygen atoms in total. The Hall–Kier alpha value is -0.880. The minimum atomic E-state index is -0.931. The van der Waals surface area contributed by atoms with E-state index in [9.17, 15) is 4.79 Å². The molecule has 1 atom stereocenters. The van der Waals surface area contributed by atoms with Gasteiger partial charge in [0.2, 0.25) is 0 Å². The van der Waals surface area contributed by atoms with Crippen molar-refractivity contribution >= 4 is 6.29 Å². The standard InChI is InChI=1S/C7H11NO2/c1-7(2,3)10-6(4-8)5-9/h5-6H,1-3H3. The maximum absolute atomic E-state index is 10.1. The van der Waals surface area contributed by atoms with Crippen LogP contribution >= 0.6 is 0 Å². The Labute approximate surface area is 60.6 Å². The first-order valence-corrected chi connectivity index (χ1v) is 3.02. The molecule has 0 radical (unpaired) electrons. The van der Waals surface area contributed by atoms with Crippen molar-refractivity contribution in [1.29, 1.82) is 5.26 Å². The number of hydrogen-bond donors (Lipinski definition) is 0. The van der Waals surface area contributed by atoms with E-state index >= 15 is 0 Å². The third-order valence-corrected chi connectivity index (χ3v) is 0.731. The minimum absolute atomic E-state index is 0.429. The molecule has 0 N–H and O–H groups in total. The molecule has 0 rings (SSSR count). The second-order valence-corrected chi connectivity index (χ2v) is 2.92. The summed E-state index contributed by atoms with van der Waals surface area (Å²) in [4.78, 5) is 10.1. The van der Waals surface area contributed by atoms with Gasteiger partial charge in [-0.05, 0) is 20.8 Å². The van der Waals surface area contributed by atoms with Gasteiger partial charge in [0.15, 0.2) is 12.4 Å². The first kappa shape index (κ1) is 9.12. The Morgan fingerprint density at radius 3 is 2.20 bits per heavy atom. The van der Waals surface area contributed by atoms with Crippen LogP contribution in [0, 0.1) is 11.3 Å². The number of rotatable bonds is 2. The highest BCUT2D eigenvalue weighted by Gasteiger charge is 2.16. The molecule has 0 aromatic carbocycles. The Morgan fingerprint density at radius 1 is 1.60 bits per heavy atom. The van der Waals surface area contributed by atoms with Crippen molar-refractivity contribution in [3.05, 3.63) is 0 Å². The van der Waals surface area contributed by atoms with E-state index in [1.165, 1.54) is 0 Å². The Balaban J connectivity index is 3.90. The van der Waals surface area contributed by atoms with Crippen molar-refractivity contribution in [2.75, 3.05) is 0 Å². The number of hydrogen-bond acceptors (Lipinski definition) is 3. The van der Waals surface area contributed by atoms with Gasteiger partial charge in [0.1, 0.15) is 6.07 Å². The summed E-state index contributed by atoms with van der Waals surface area (Å²) in [5.74, 6) is 0. The van der Waals surface area contributed by atoms with Gasteiger partial charge < -0.3 is 4.74 Å². The van der Waals surface area contributed by atoms with Crippen LogP contribution in [-0.4, -0.2) is 18.0 Å². The predicted octanol–water partition coefficient (Wildman–Crippen LogP) is 0.893. The summed E-state index contributed by atoms with van der Waals surface area (Å²) in [6.45, 7) is 5.38. The summed E-state index contributed by atoms with van der Waals surface area (Å²) in [5, 5.41) is 8.28. The number of nitrogens with zero attached hydrogens (tertiary/aromatic N) is 1. The van der Waals surface area contributed by atoms with Crippen molar-refractivity contribution in [3.8, 4) is 6.07 Å². The fourth-order valence-electron chi connectivity index (χ4n) is 0.465. The van der Waals surface area contributed by atoms with Gasteiger partial charge in [-0.1, -0.05) is 0 Å². The van der Waals surface area contributed by atoms with Gasteiger partial charge in [-0.2, -0.15) is 5.26 Å². The van der Waals surface area contributed by atoms with Crippen LogP contribution in [-0.2, 0) is 9.53 Å². The number of aldehydes is 1. The Bertz CT molecular complexity index is 152. The van der Waals surface area contributed by atoms with Crippen molar-refractivity contribution in [2.45, 2.75) is 32.5 Å². The molecule has 10 heavy (non-hydrogen) atoms. The van der Waals surface area contributed by atoms with Crippen LogP contribution in [0.3, 0.4) is 0 Å². The van der Waals surface area contributed by atoms with Gasteiger partial charge in [-0.15, -0.1) is 0 Å². The van der Waals surface area contributed by atoms with E-state index < -0.39 is 11.7 Å². The van der Waals surface area contributed by atoms with E-state index in [1.54, 1.807) is 26.8 Å². The number of carbonyl (C=O) groups excluding carboxylic acids is 1. The first-order chi connectivity index (χ1) is 4.49. The lowest BCUT2D eigenvalue weighted by Gasteiger charge is -2.19. The lowest BCUT2D eigenvalue weighted by atomic mass is 10.2. The molecule has 0 heterocycles. The molecule has 0 aliphatic heterocycles. The monoisotopic (exact) mass is 141 g/mol. The average Bonchev–Trinajstić information content (AvgIpc) is 1.81. The van der Waals surface area contributed by atoms with Gasteiger partial charge in [0, 0.05) is 0 Å². The fraction of sp³-hybridized carbons (Fsp3) is 0.714. The normalized spacial score (nSPS) is 13.8. The SMILES string of the molecule is CC(C)(C)OC(C#N)C=O. The molecule has 0 aliphatic carbocycles. The van der Waals surface area contributed by atoms with Crippen LogP contribution in [0.5, 0.6) is 0 Å². The minimum Gasteiger partial charge on any atom is -0.350 e. The van der Waals surface area contributed by atoms with E-state index in [2.05, 4.69) is 0 Å². The van der Waals surface area contributed by atoms with Crippen molar-refractivity contribution in [3.63, 3.8) is 0 Å². The zero-order valence-electron chi connectivity index (χ0n) is 6.42. The topological polar surface area (TPSA) is 50.1 Å². The highest BCUT2D eigenvalue weighted by molar-refractivity contribution is 5.60.